The third-order valence-corrected chi connectivity index (χ3v) is 8.70. The molecular weight excluding hydrogens is 470 g/mol. The molecule has 5 aliphatic carbocycles. The number of hydrogen-bond acceptors (Lipinski definition) is 5. The summed E-state index contributed by atoms with van der Waals surface area (Å²) in [6, 6.07) is 0. The monoisotopic (exact) mass is 506 g/mol. The van der Waals surface area contributed by atoms with Gasteiger partial charge in [0.15, 0.2) is 0 Å². The number of aliphatic hydroxyl groups excluding tert-OH is 1. The number of carbonyl (C=O) groups excluding carboxylic acids is 2. The fraction of sp³-hybridized carbons (Fsp3) is 0.917. The number of fused-ring (bicyclic) bond motifs is 3. The van der Waals surface area contributed by atoms with Gasteiger partial charge in [0.05, 0.1) is 23.9 Å². The number of ether oxygens (including phenoxy) is 2. The predicted octanol–water partition coefficient (Wildman–Crippen LogP) is 2.85. The Labute approximate surface area is 204 Å². The van der Waals surface area contributed by atoms with Crippen LogP contribution in [0.4, 0.5) is 8.78 Å². The van der Waals surface area contributed by atoms with E-state index < -0.39 is 35.6 Å². The summed E-state index contributed by atoms with van der Waals surface area (Å²) in [5, 5.41) is 17.1. The molecule has 7 nitrogen and oxygen atoms in total. The van der Waals surface area contributed by atoms with Crippen LogP contribution in [0.15, 0.2) is 0 Å². The molecule has 5 saturated carbocycles. The van der Waals surface area contributed by atoms with Gasteiger partial charge in [-0.05, 0) is 70.6 Å². The van der Waals surface area contributed by atoms with Gasteiger partial charge in [0.1, 0.15) is 25.6 Å². The molecule has 0 heterocycles. The molecule has 0 aromatic rings. The van der Waals surface area contributed by atoms with Gasteiger partial charge in [0.25, 0.3) is 0 Å². The summed E-state index contributed by atoms with van der Waals surface area (Å²) in [6.07, 6.45) is 2.53. The third-order valence-electron chi connectivity index (χ3n) is 8.26. The van der Waals surface area contributed by atoms with Crippen molar-refractivity contribution in [3.63, 3.8) is 0 Å². The summed E-state index contributed by atoms with van der Waals surface area (Å²) < 4.78 is 38.1. The van der Waals surface area contributed by atoms with Gasteiger partial charge in [0.2, 0.25) is 11.8 Å². The van der Waals surface area contributed by atoms with Gasteiger partial charge in [-0.3, -0.25) is 9.59 Å². The molecule has 194 valence electrons. The first-order chi connectivity index (χ1) is 16.2. The highest BCUT2D eigenvalue weighted by Gasteiger charge is 2.55. The van der Waals surface area contributed by atoms with E-state index >= 15 is 0 Å². The van der Waals surface area contributed by atoms with E-state index in [1.54, 1.807) is 0 Å². The second kappa shape index (κ2) is 10.9. The molecule has 2 bridgehead atoms. The van der Waals surface area contributed by atoms with Crippen molar-refractivity contribution in [2.24, 2.45) is 0 Å². The molecule has 10 heteroatoms. The van der Waals surface area contributed by atoms with Gasteiger partial charge in [-0.25, -0.2) is 8.78 Å². The lowest BCUT2D eigenvalue weighted by Gasteiger charge is -2.56. The fourth-order valence-electron chi connectivity index (χ4n) is 6.08. The van der Waals surface area contributed by atoms with Crippen LogP contribution in [-0.4, -0.2) is 77.2 Å². The molecule has 34 heavy (non-hydrogen) atoms. The SMILES string of the molecule is O=C(COC1CCC(Cl)CC1)NC12CCC(NC(=O)COC3CCC(F)C(F)C3)(CC1)[C@@H](O)C2. The molecule has 5 aliphatic rings. The van der Waals surface area contributed by atoms with Crippen LogP contribution >= 0.6 is 11.6 Å². The highest BCUT2D eigenvalue weighted by Crippen LogP contribution is 2.47. The lowest BCUT2D eigenvalue weighted by atomic mass is 9.60. The molecule has 0 spiro atoms. The summed E-state index contributed by atoms with van der Waals surface area (Å²) in [4.78, 5) is 25.1. The first-order valence-corrected chi connectivity index (χ1v) is 13.1. The number of amides is 2. The van der Waals surface area contributed by atoms with Crippen LogP contribution in [0.3, 0.4) is 0 Å². The number of rotatable bonds is 8. The van der Waals surface area contributed by atoms with Crippen molar-refractivity contribution in [3.05, 3.63) is 0 Å². The molecular formula is C24H37ClF2N2O5. The zero-order valence-electron chi connectivity index (χ0n) is 19.6. The third kappa shape index (κ3) is 6.20. The number of alkyl halides is 3. The Bertz CT molecular complexity index is 728. The van der Waals surface area contributed by atoms with Crippen molar-refractivity contribution in [1.29, 1.82) is 0 Å². The molecule has 2 amide bonds. The number of aliphatic hydroxyl groups is 1. The van der Waals surface area contributed by atoms with Crippen LogP contribution in [0.1, 0.15) is 77.0 Å². The van der Waals surface area contributed by atoms with E-state index in [0.29, 0.717) is 38.5 Å². The van der Waals surface area contributed by atoms with Crippen molar-refractivity contribution < 1.29 is 33.0 Å². The lowest BCUT2D eigenvalue weighted by molar-refractivity contribution is -0.142. The van der Waals surface area contributed by atoms with E-state index in [-0.39, 0.29) is 49.4 Å². The highest BCUT2D eigenvalue weighted by molar-refractivity contribution is 6.20. The van der Waals surface area contributed by atoms with Crippen molar-refractivity contribution in [2.75, 3.05) is 13.2 Å². The maximum absolute atomic E-state index is 13.5. The topological polar surface area (TPSA) is 96.9 Å². The zero-order chi connectivity index (χ0) is 24.3. The summed E-state index contributed by atoms with van der Waals surface area (Å²) in [5.41, 5.74) is -1.24. The Morgan fingerprint density at radius 1 is 0.853 bits per heavy atom. The quantitative estimate of drug-likeness (QED) is 0.440. The highest BCUT2D eigenvalue weighted by atomic mass is 35.5. The normalized spacial score (nSPS) is 42.2. The minimum absolute atomic E-state index is 0.00125. The summed E-state index contributed by atoms with van der Waals surface area (Å²) >= 11 is 6.12. The van der Waals surface area contributed by atoms with Crippen LogP contribution in [-0.2, 0) is 19.1 Å². The molecule has 0 radical (unpaired) electrons. The van der Waals surface area contributed by atoms with Crippen LogP contribution in [0.2, 0.25) is 0 Å². The average Bonchev–Trinajstić information content (AvgIpc) is 2.81. The van der Waals surface area contributed by atoms with Crippen LogP contribution in [0.25, 0.3) is 0 Å². The number of nitrogens with one attached hydrogen (secondary N) is 2. The van der Waals surface area contributed by atoms with Crippen molar-refractivity contribution in [3.8, 4) is 0 Å². The van der Waals surface area contributed by atoms with Gasteiger partial charge in [-0.1, -0.05) is 0 Å². The largest absolute Gasteiger partial charge is 0.391 e. The van der Waals surface area contributed by atoms with Gasteiger partial charge in [-0.15, -0.1) is 11.6 Å². The molecule has 5 fully saturated rings. The average molecular weight is 507 g/mol. The summed E-state index contributed by atoms with van der Waals surface area (Å²) in [6.45, 7) is -0.244. The van der Waals surface area contributed by atoms with Crippen molar-refractivity contribution >= 4 is 23.4 Å². The smallest absolute Gasteiger partial charge is 0.246 e. The van der Waals surface area contributed by atoms with E-state index in [4.69, 9.17) is 21.1 Å². The van der Waals surface area contributed by atoms with E-state index in [9.17, 15) is 23.5 Å². The summed E-state index contributed by atoms with van der Waals surface area (Å²) in [7, 11) is 0. The number of carbonyl (C=O) groups is 2. The molecule has 4 atom stereocenters. The molecule has 0 aromatic heterocycles. The maximum atomic E-state index is 13.5. The van der Waals surface area contributed by atoms with Crippen LogP contribution in [0.5, 0.6) is 0 Å². The fourth-order valence-corrected chi connectivity index (χ4v) is 6.33. The summed E-state index contributed by atoms with van der Waals surface area (Å²) in [5.74, 6) is -0.545. The van der Waals surface area contributed by atoms with Crippen LogP contribution in [0, 0.1) is 0 Å². The molecule has 0 aliphatic heterocycles. The number of halogens is 3. The Morgan fingerprint density at radius 3 is 2.06 bits per heavy atom. The number of hydrogen-bond donors (Lipinski definition) is 3. The van der Waals surface area contributed by atoms with E-state index in [1.165, 1.54) is 0 Å². The second-order valence-corrected chi connectivity index (χ2v) is 11.3. The van der Waals surface area contributed by atoms with Crippen LogP contribution < -0.4 is 10.6 Å². The maximum Gasteiger partial charge on any atom is 0.246 e. The predicted molar refractivity (Wildman–Crippen MR) is 122 cm³/mol. The molecule has 0 saturated heterocycles. The standard InChI is InChI=1S/C24H37ClF2N2O5/c25-15-1-3-16(4-2-15)33-13-21(31)28-23-7-9-24(10-8-23,20(30)12-23)29-22(32)14-34-17-5-6-18(26)19(27)11-17/h15-20,30H,1-14H2,(H,28,31)(H,29,32)/t15?,16?,17?,18?,19?,20-,23?,24?/m0/s1. The van der Waals surface area contributed by atoms with Crippen molar-refractivity contribution in [2.45, 2.75) is 124 Å². The lowest BCUT2D eigenvalue weighted by Crippen LogP contribution is -2.70. The van der Waals surface area contributed by atoms with Crippen molar-refractivity contribution in [1.82, 2.24) is 10.6 Å². The minimum Gasteiger partial charge on any atom is -0.391 e. The Morgan fingerprint density at radius 2 is 1.44 bits per heavy atom. The Balaban J connectivity index is 1.20. The van der Waals surface area contributed by atoms with E-state index in [1.807, 2.05) is 0 Å². The van der Waals surface area contributed by atoms with Gasteiger partial charge in [0, 0.05) is 17.3 Å². The molecule has 3 unspecified atom stereocenters. The van der Waals surface area contributed by atoms with Gasteiger partial charge >= 0.3 is 0 Å². The van der Waals surface area contributed by atoms with Gasteiger partial charge < -0.3 is 25.2 Å². The Hall–Kier alpha value is -1.03. The molecule has 0 aromatic carbocycles. The van der Waals surface area contributed by atoms with E-state index in [2.05, 4.69) is 10.6 Å². The molecule has 5 rings (SSSR count). The minimum atomic E-state index is -1.55. The van der Waals surface area contributed by atoms with Gasteiger partial charge in [-0.2, -0.15) is 0 Å². The Kier molecular flexibility index (Phi) is 8.37. The second-order valence-electron chi connectivity index (χ2n) is 10.7. The van der Waals surface area contributed by atoms with E-state index in [0.717, 1.165) is 25.7 Å². The zero-order valence-corrected chi connectivity index (χ0v) is 20.3. The first-order valence-electron chi connectivity index (χ1n) is 12.6. The molecule has 3 N–H and O–H groups in total. The first kappa shape index (κ1) is 26.0.